The third kappa shape index (κ3) is 1.29. The molecule has 88 valence electrons. The van der Waals surface area contributed by atoms with Crippen molar-refractivity contribution >= 4 is 28.4 Å². The highest BCUT2D eigenvalue weighted by atomic mass is 16.2. The van der Waals surface area contributed by atoms with Crippen LogP contribution in [0.4, 0.5) is 0 Å². The number of benzene rings is 2. The molecule has 1 N–H and O–H groups in total. The van der Waals surface area contributed by atoms with E-state index >= 15 is 0 Å². The Bertz CT molecular complexity index is 711. The number of ketones is 1. The first-order chi connectivity index (χ1) is 8.59. The summed E-state index contributed by atoms with van der Waals surface area (Å²) in [6.45, 7) is 1.47. The number of rotatable bonds is 1. The van der Waals surface area contributed by atoms with E-state index in [0.29, 0.717) is 27.5 Å². The number of nitrogens with one attached hydrogen (secondary N) is 1. The van der Waals surface area contributed by atoms with Gasteiger partial charge in [-0.15, -0.1) is 0 Å². The summed E-state index contributed by atoms with van der Waals surface area (Å²) in [6.07, 6.45) is 0. The van der Waals surface area contributed by atoms with Gasteiger partial charge in [-0.3, -0.25) is 19.7 Å². The number of imide groups is 1. The average molecular weight is 239 g/mol. The van der Waals surface area contributed by atoms with Gasteiger partial charge < -0.3 is 0 Å². The van der Waals surface area contributed by atoms with E-state index in [4.69, 9.17) is 0 Å². The summed E-state index contributed by atoms with van der Waals surface area (Å²) in [6, 6.07) is 8.33. The van der Waals surface area contributed by atoms with Crippen LogP contribution in [0.1, 0.15) is 38.0 Å². The van der Waals surface area contributed by atoms with Gasteiger partial charge in [-0.05, 0) is 30.5 Å². The van der Waals surface area contributed by atoms with Crippen LogP contribution in [0.25, 0.3) is 10.8 Å². The molecular formula is C14H9NO3. The van der Waals surface area contributed by atoms with Crippen LogP contribution in [-0.2, 0) is 0 Å². The molecule has 2 aromatic carbocycles. The van der Waals surface area contributed by atoms with E-state index in [-0.39, 0.29) is 5.78 Å². The molecule has 0 aliphatic carbocycles. The van der Waals surface area contributed by atoms with Crippen molar-refractivity contribution in [1.82, 2.24) is 5.32 Å². The summed E-state index contributed by atoms with van der Waals surface area (Å²) < 4.78 is 0. The Morgan fingerprint density at radius 1 is 1.00 bits per heavy atom. The third-order valence-corrected chi connectivity index (χ3v) is 3.14. The maximum Gasteiger partial charge on any atom is 0.258 e. The monoisotopic (exact) mass is 239 g/mol. The molecule has 0 unspecified atom stereocenters. The maximum atomic E-state index is 11.7. The van der Waals surface area contributed by atoms with Crippen molar-refractivity contribution < 1.29 is 14.4 Å². The van der Waals surface area contributed by atoms with E-state index in [1.54, 1.807) is 30.3 Å². The minimum absolute atomic E-state index is 0.0860. The summed E-state index contributed by atoms with van der Waals surface area (Å²) in [5.74, 6) is -0.922. The second-order valence-corrected chi connectivity index (χ2v) is 4.23. The van der Waals surface area contributed by atoms with Crippen LogP contribution in [0.3, 0.4) is 0 Å². The van der Waals surface area contributed by atoms with Crippen LogP contribution in [0.5, 0.6) is 0 Å². The van der Waals surface area contributed by atoms with Crippen molar-refractivity contribution in [2.75, 3.05) is 0 Å². The van der Waals surface area contributed by atoms with Crippen molar-refractivity contribution in [3.05, 3.63) is 47.0 Å². The van der Waals surface area contributed by atoms with Crippen molar-refractivity contribution in [3.8, 4) is 0 Å². The minimum Gasteiger partial charge on any atom is -0.294 e. The fourth-order valence-electron chi connectivity index (χ4n) is 2.33. The van der Waals surface area contributed by atoms with Crippen LogP contribution in [0, 0.1) is 0 Å². The molecule has 0 spiro atoms. The van der Waals surface area contributed by atoms with Crippen LogP contribution in [0.2, 0.25) is 0 Å². The smallest absolute Gasteiger partial charge is 0.258 e. The first-order valence-corrected chi connectivity index (χ1v) is 5.52. The normalized spacial score (nSPS) is 13.6. The molecule has 0 aromatic heterocycles. The summed E-state index contributed by atoms with van der Waals surface area (Å²) in [4.78, 5) is 35.1. The Morgan fingerprint density at radius 2 is 1.67 bits per heavy atom. The van der Waals surface area contributed by atoms with Crippen molar-refractivity contribution in [2.24, 2.45) is 0 Å². The molecule has 0 fully saturated rings. The first kappa shape index (κ1) is 10.7. The number of carbonyl (C=O) groups excluding carboxylic acids is 3. The van der Waals surface area contributed by atoms with Crippen LogP contribution in [0.15, 0.2) is 30.3 Å². The second-order valence-electron chi connectivity index (χ2n) is 4.23. The standard InChI is InChI=1S/C14H9NO3/c1-7(16)8-5-6-11-12-9(8)3-2-4-10(12)13(17)15-14(11)18/h2-6H,1H3,(H,15,17,18). The Balaban J connectivity index is 2.53. The SMILES string of the molecule is CC(=O)c1ccc2c3c(cccc13)C(=O)NC2=O. The van der Waals surface area contributed by atoms with Gasteiger partial charge in [-0.2, -0.15) is 0 Å². The number of Topliss-reactive ketones (excluding diaryl/α,β-unsaturated/α-hetero) is 1. The van der Waals surface area contributed by atoms with Crippen molar-refractivity contribution in [3.63, 3.8) is 0 Å². The van der Waals surface area contributed by atoms with E-state index in [0.717, 1.165) is 0 Å². The van der Waals surface area contributed by atoms with Crippen molar-refractivity contribution in [1.29, 1.82) is 0 Å². The summed E-state index contributed by atoms with van der Waals surface area (Å²) in [5.41, 5.74) is 1.40. The van der Waals surface area contributed by atoms with Gasteiger partial charge in [0.2, 0.25) is 0 Å². The van der Waals surface area contributed by atoms with Gasteiger partial charge in [-0.25, -0.2) is 0 Å². The maximum absolute atomic E-state index is 11.7. The predicted molar refractivity (Wildman–Crippen MR) is 65.7 cm³/mol. The van der Waals surface area contributed by atoms with Gasteiger partial charge in [0, 0.05) is 22.1 Å². The van der Waals surface area contributed by atoms with Gasteiger partial charge in [0.15, 0.2) is 5.78 Å². The Hall–Kier alpha value is -2.49. The minimum atomic E-state index is -0.418. The fraction of sp³-hybridized carbons (Fsp3) is 0.0714. The van der Waals surface area contributed by atoms with E-state index in [1.807, 2.05) is 0 Å². The van der Waals surface area contributed by atoms with E-state index in [2.05, 4.69) is 5.32 Å². The van der Waals surface area contributed by atoms with Crippen molar-refractivity contribution in [2.45, 2.75) is 6.92 Å². The highest BCUT2D eigenvalue weighted by Gasteiger charge is 2.25. The summed E-state index contributed by atoms with van der Waals surface area (Å²) in [7, 11) is 0. The van der Waals surface area contributed by atoms with Crippen LogP contribution >= 0.6 is 0 Å². The molecule has 2 amide bonds. The van der Waals surface area contributed by atoms with E-state index in [1.165, 1.54) is 6.92 Å². The highest BCUT2D eigenvalue weighted by Crippen LogP contribution is 2.29. The molecule has 3 rings (SSSR count). The molecule has 0 radical (unpaired) electrons. The third-order valence-electron chi connectivity index (χ3n) is 3.14. The molecule has 0 bridgehead atoms. The average Bonchev–Trinajstić information content (AvgIpc) is 2.34. The lowest BCUT2D eigenvalue weighted by Gasteiger charge is -2.17. The Morgan fingerprint density at radius 3 is 2.33 bits per heavy atom. The molecule has 18 heavy (non-hydrogen) atoms. The zero-order valence-corrected chi connectivity index (χ0v) is 9.61. The predicted octanol–water partition coefficient (Wildman–Crippen LogP) is 1.93. The molecule has 1 heterocycles. The Labute approximate surface area is 103 Å². The number of amides is 2. The molecule has 0 atom stereocenters. The van der Waals surface area contributed by atoms with E-state index in [9.17, 15) is 14.4 Å². The quantitative estimate of drug-likeness (QED) is 0.611. The van der Waals surface area contributed by atoms with Gasteiger partial charge in [-0.1, -0.05) is 12.1 Å². The highest BCUT2D eigenvalue weighted by molar-refractivity contribution is 6.27. The zero-order valence-electron chi connectivity index (χ0n) is 9.61. The fourth-order valence-corrected chi connectivity index (χ4v) is 2.33. The topological polar surface area (TPSA) is 63.2 Å². The van der Waals surface area contributed by atoms with Gasteiger partial charge in [0.05, 0.1) is 0 Å². The van der Waals surface area contributed by atoms with Crippen LogP contribution in [-0.4, -0.2) is 17.6 Å². The zero-order chi connectivity index (χ0) is 12.9. The first-order valence-electron chi connectivity index (χ1n) is 5.52. The number of hydrogen-bond acceptors (Lipinski definition) is 3. The molecule has 4 heteroatoms. The summed E-state index contributed by atoms with van der Waals surface area (Å²) >= 11 is 0. The molecule has 0 saturated carbocycles. The lowest BCUT2D eigenvalue weighted by atomic mass is 9.91. The van der Waals surface area contributed by atoms with Gasteiger partial charge >= 0.3 is 0 Å². The second kappa shape index (κ2) is 3.50. The van der Waals surface area contributed by atoms with Gasteiger partial charge in [0.1, 0.15) is 0 Å². The van der Waals surface area contributed by atoms with Gasteiger partial charge in [0.25, 0.3) is 11.8 Å². The van der Waals surface area contributed by atoms with Crippen LogP contribution < -0.4 is 5.32 Å². The molecule has 4 nitrogen and oxygen atoms in total. The molecule has 1 aliphatic heterocycles. The lowest BCUT2D eigenvalue weighted by molar-refractivity contribution is 0.0843. The largest absolute Gasteiger partial charge is 0.294 e. The molecule has 0 saturated heterocycles. The Kier molecular flexibility index (Phi) is 2.07. The molecule has 1 aliphatic rings. The lowest BCUT2D eigenvalue weighted by Crippen LogP contribution is -2.34. The number of carbonyl (C=O) groups is 3. The summed E-state index contributed by atoms with van der Waals surface area (Å²) in [5, 5.41) is 3.50. The number of hydrogen-bond donors (Lipinski definition) is 1. The molecular weight excluding hydrogens is 230 g/mol. The van der Waals surface area contributed by atoms with E-state index < -0.39 is 11.8 Å². The molecule has 2 aromatic rings.